The highest BCUT2D eigenvalue weighted by Crippen LogP contribution is 2.30. The summed E-state index contributed by atoms with van der Waals surface area (Å²) in [4.78, 5) is 8.67. The quantitative estimate of drug-likeness (QED) is 0.532. The van der Waals surface area contributed by atoms with Gasteiger partial charge in [-0.1, -0.05) is 12.1 Å². The molecule has 0 atom stereocenters. The second-order valence-corrected chi connectivity index (χ2v) is 6.80. The van der Waals surface area contributed by atoms with E-state index >= 15 is 0 Å². The first-order chi connectivity index (χ1) is 13.4. The number of anilines is 3. The normalized spacial score (nSPS) is 11.0. The van der Waals surface area contributed by atoms with Gasteiger partial charge in [-0.25, -0.2) is 14.6 Å². The maximum Gasteiger partial charge on any atom is 0.159 e. The third kappa shape index (κ3) is 3.20. The molecule has 0 amide bonds. The van der Waals surface area contributed by atoms with Crippen molar-refractivity contribution in [2.24, 2.45) is 7.05 Å². The SMILES string of the molecule is Cc1cc(C)n(-c2cc(Nc3nn(C)c(-c4cccc(N)c4)c3C)ncn2)n1. The van der Waals surface area contributed by atoms with Gasteiger partial charge < -0.3 is 11.1 Å². The fourth-order valence-corrected chi connectivity index (χ4v) is 3.35. The predicted molar refractivity (Wildman–Crippen MR) is 110 cm³/mol. The predicted octanol–water partition coefficient (Wildman–Crippen LogP) is 3.31. The van der Waals surface area contributed by atoms with Crippen LogP contribution in [0.3, 0.4) is 0 Å². The highest BCUT2D eigenvalue weighted by Gasteiger charge is 2.15. The number of benzene rings is 1. The van der Waals surface area contributed by atoms with E-state index in [4.69, 9.17) is 5.73 Å². The lowest BCUT2D eigenvalue weighted by molar-refractivity contribution is 0.778. The average molecular weight is 374 g/mol. The van der Waals surface area contributed by atoms with Gasteiger partial charge in [0.1, 0.15) is 12.1 Å². The van der Waals surface area contributed by atoms with Crippen LogP contribution in [0.25, 0.3) is 17.1 Å². The Morgan fingerprint density at radius 1 is 1.00 bits per heavy atom. The van der Waals surface area contributed by atoms with Gasteiger partial charge in [0.2, 0.25) is 0 Å². The van der Waals surface area contributed by atoms with Crippen LogP contribution in [0.4, 0.5) is 17.3 Å². The van der Waals surface area contributed by atoms with Crippen LogP contribution in [0, 0.1) is 20.8 Å². The fourth-order valence-electron chi connectivity index (χ4n) is 3.35. The molecule has 0 saturated carbocycles. The molecule has 0 aliphatic heterocycles. The summed E-state index contributed by atoms with van der Waals surface area (Å²) in [6.07, 6.45) is 1.52. The highest BCUT2D eigenvalue weighted by molar-refractivity contribution is 5.73. The molecule has 8 nitrogen and oxygen atoms in total. The number of nitrogens with one attached hydrogen (secondary N) is 1. The second-order valence-electron chi connectivity index (χ2n) is 6.80. The molecule has 3 heterocycles. The lowest BCUT2D eigenvalue weighted by Gasteiger charge is -2.07. The minimum atomic E-state index is 0.651. The van der Waals surface area contributed by atoms with Gasteiger partial charge in [0.15, 0.2) is 11.6 Å². The van der Waals surface area contributed by atoms with Gasteiger partial charge in [-0.15, -0.1) is 0 Å². The molecule has 142 valence electrons. The van der Waals surface area contributed by atoms with Crippen molar-refractivity contribution in [3.63, 3.8) is 0 Å². The smallest absolute Gasteiger partial charge is 0.159 e. The zero-order chi connectivity index (χ0) is 19.8. The van der Waals surface area contributed by atoms with Crippen LogP contribution in [0.15, 0.2) is 42.7 Å². The minimum Gasteiger partial charge on any atom is -0.399 e. The molecule has 3 aromatic heterocycles. The standard InChI is InChI=1S/C20H22N8/c1-12-8-13(2)28(25-12)18-10-17(22-11-23-18)24-20-14(3)19(27(4)26-20)15-6-5-7-16(21)9-15/h5-11H,21H2,1-4H3,(H,22,23,24,26). The molecule has 0 bridgehead atoms. The van der Waals surface area contributed by atoms with E-state index in [1.807, 2.05) is 68.9 Å². The third-order valence-electron chi connectivity index (χ3n) is 4.57. The summed E-state index contributed by atoms with van der Waals surface area (Å²) in [5, 5.41) is 12.4. The van der Waals surface area contributed by atoms with Crippen LogP contribution in [-0.2, 0) is 7.05 Å². The van der Waals surface area contributed by atoms with Crippen LogP contribution in [0.2, 0.25) is 0 Å². The topological polar surface area (TPSA) is 99.5 Å². The average Bonchev–Trinajstić information content (AvgIpc) is 3.13. The molecule has 4 aromatic rings. The summed E-state index contributed by atoms with van der Waals surface area (Å²) in [7, 11) is 1.91. The van der Waals surface area contributed by atoms with Crippen molar-refractivity contribution in [1.29, 1.82) is 0 Å². The number of hydrogen-bond donors (Lipinski definition) is 2. The van der Waals surface area contributed by atoms with E-state index in [0.29, 0.717) is 11.6 Å². The Hall–Kier alpha value is -3.68. The summed E-state index contributed by atoms with van der Waals surface area (Å²) in [5.74, 6) is 2.09. The van der Waals surface area contributed by atoms with Crippen molar-refractivity contribution < 1.29 is 0 Å². The lowest BCUT2D eigenvalue weighted by Crippen LogP contribution is -2.04. The first kappa shape index (κ1) is 17.7. The molecule has 8 heteroatoms. The van der Waals surface area contributed by atoms with Crippen LogP contribution in [0.5, 0.6) is 0 Å². The molecular formula is C20H22N8. The van der Waals surface area contributed by atoms with Crippen LogP contribution >= 0.6 is 0 Å². The molecule has 1 aromatic carbocycles. The number of rotatable bonds is 4. The number of nitrogens with two attached hydrogens (primary N) is 1. The lowest BCUT2D eigenvalue weighted by atomic mass is 10.1. The molecule has 0 unspecified atom stereocenters. The largest absolute Gasteiger partial charge is 0.399 e. The van der Waals surface area contributed by atoms with Crippen LogP contribution < -0.4 is 11.1 Å². The van der Waals surface area contributed by atoms with E-state index in [-0.39, 0.29) is 0 Å². The first-order valence-electron chi connectivity index (χ1n) is 8.94. The molecular weight excluding hydrogens is 352 g/mol. The van der Waals surface area contributed by atoms with Crippen LogP contribution in [0.1, 0.15) is 17.0 Å². The van der Waals surface area contributed by atoms with Crippen molar-refractivity contribution in [3.05, 3.63) is 59.7 Å². The van der Waals surface area contributed by atoms with Gasteiger partial charge in [0.05, 0.1) is 11.4 Å². The highest BCUT2D eigenvalue weighted by atomic mass is 15.3. The summed E-state index contributed by atoms with van der Waals surface area (Å²) >= 11 is 0. The first-order valence-corrected chi connectivity index (χ1v) is 8.94. The maximum atomic E-state index is 5.94. The molecule has 0 radical (unpaired) electrons. The summed E-state index contributed by atoms with van der Waals surface area (Å²) in [5.41, 5.74) is 11.7. The number of aromatic nitrogens is 6. The molecule has 28 heavy (non-hydrogen) atoms. The fraction of sp³-hybridized carbons (Fsp3) is 0.200. The molecule has 4 rings (SSSR count). The monoisotopic (exact) mass is 374 g/mol. The number of nitrogens with zero attached hydrogens (tertiary/aromatic N) is 6. The van der Waals surface area contributed by atoms with E-state index in [0.717, 1.165) is 39.7 Å². The van der Waals surface area contributed by atoms with Gasteiger partial charge in [0.25, 0.3) is 0 Å². The zero-order valence-corrected chi connectivity index (χ0v) is 16.3. The number of nitrogen functional groups attached to an aromatic ring is 1. The van der Waals surface area contributed by atoms with Crippen molar-refractivity contribution >= 4 is 17.3 Å². The van der Waals surface area contributed by atoms with Crippen molar-refractivity contribution in [2.75, 3.05) is 11.1 Å². The van der Waals surface area contributed by atoms with Gasteiger partial charge in [-0.3, -0.25) is 4.68 Å². The van der Waals surface area contributed by atoms with Crippen molar-refractivity contribution in [2.45, 2.75) is 20.8 Å². The van der Waals surface area contributed by atoms with E-state index in [1.165, 1.54) is 6.33 Å². The third-order valence-corrected chi connectivity index (χ3v) is 4.57. The van der Waals surface area contributed by atoms with Gasteiger partial charge in [-0.2, -0.15) is 10.2 Å². The molecule has 0 saturated heterocycles. The number of hydrogen-bond acceptors (Lipinski definition) is 6. The van der Waals surface area contributed by atoms with E-state index < -0.39 is 0 Å². The number of aryl methyl sites for hydroxylation is 3. The summed E-state index contributed by atoms with van der Waals surface area (Å²) < 4.78 is 3.64. The van der Waals surface area contributed by atoms with E-state index in [1.54, 1.807) is 4.68 Å². The second kappa shape index (κ2) is 6.80. The van der Waals surface area contributed by atoms with Crippen molar-refractivity contribution in [3.8, 4) is 17.1 Å². The van der Waals surface area contributed by atoms with Gasteiger partial charge in [-0.05, 0) is 39.0 Å². The molecule has 0 aliphatic carbocycles. The molecule has 0 aliphatic rings. The maximum absolute atomic E-state index is 5.94. The van der Waals surface area contributed by atoms with Crippen molar-refractivity contribution in [1.82, 2.24) is 29.5 Å². The van der Waals surface area contributed by atoms with E-state index in [2.05, 4.69) is 25.5 Å². The summed E-state index contributed by atoms with van der Waals surface area (Å²) in [6.45, 7) is 5.98. The minimum absolute atomic E-state index is 0.651. The molecule has 0 spiro atoms. The zero-order valence-electron chi connectivity index (χ0n) is 16.3. The van der Waals surface area contributed by atoms with E-state index in [9.17, 15) is 0 Å². The Morgan fingerprint density at radius 3 is 2.54 bits per heavy atom. The Labute approximate surface area is 163 Å². The Bertz CT molecular complexity index is 1150. The van der Waals surface area contributed by atoms with Gasteiger partial charge >= 0.3 is 0 Å². The molecule has 0 fully saturated rings. The van der Waals surface area contributed by atoms with Crippen LogP contribution in [-0.4, -0.2) is 29.5 Å². The Balaban J connectivity index is 1.68. The van der Waals surface area contributed by atoms with Gasteiger partial charge in [0, 0.05) is 35.6 Å². The summed E-state index contributed by atoms with van der Waals surface area (Å²) in [6, 6.07) is 11.6. The Kier molecular flexibility index (Phi) is 4.31. The molecule has 3 N–H and O–H groups in total. The Morgan fingerprint density at radius 2 is 1.82 bits per heavy atom.